The lowest BCUT2D eigenvalue weighted by molar-refractivity contribution is -0.137. The molecule has 37 heavy (non-hydrogen) atoms. The maximum absolute atomic E-state index is 15.1. The molecule has 1 saturated heterocycles. The lowest BCUT2D eigenvalue weighted by Gasteiger charge is -2.41. The third-order valence-electron chi connectivity index (χ3n) is 6.91. The van der Waals surface area contributed by atoms with Gasteiger partial charge < -0.3 is 19.6 Å². The number of amides is 2. The smallest absolute Gasteiger partial charge is 0.261 e. The zero-order valence-electron chi connectivity index (χ0n) is 21.8. The van der Waals surface area contributed by atoms with Crippen molar-refractivity contribution in [1.82, 2.24) is 15.0 Å². The van der Waals surface area contributed by atoms with Crippen molar-refractivity contribution in [1.29, 1.82) is 0 Å². The predicted octanol–water partition coefficient (Wildman–Crippen LogP) is 4.41. The van der Waals surface area contributed by atoms with E-state index in [1.54, 1.807) is 26.0 Å². The molecular formula is C28H34FN5O3. The van der Waals surface area contributed by atoms with Crippen LogP contribution in [0.2, 0.25) is 0 Å². The van der Waals surface area contributed by atoms with E-state index in [1.807, 2.05) is 54.0 Å². The van der Waals surface area contributed by atoms with Crippen molar-refractivity contribution in [3.05, 3.63) is 76.9 Å². The molecule has 196 valence electrons. The van der Waals surface area contributed by atoms with E-state index in [0.29, 0.717) is 67.7 Å². The maximum atomic E-state index is 15.1. The highest BCUT2D eigenvalue weighted by atomic mass is 19.1. The second-order valence-corrected chi connectivity index (χ2v) is 9.17. The van der Waals surface area contributed by atoms with Crippen LogP contribution in [0.25, 0.3) is 0 Å². The highest BCUT2D eigenvalue weighted by molar-refractivity contribution is 6.05. The summed E-state index contributed by atoms with van der Waals surface area (Å²) < 4.78 is 20.2. The first-order valence-electron chi connectivity index (χ1n) is 12.7. The number of nitrogens with zero attached hydrogens (tertiary/aromatic N) is 4. The summed E-state index contributed by atoms with van der Waals surface area (Å²) in [5.74, 6) is -0.293. The lowest BCUT2D eigenvalue weighted by atomic mass is 10.0. The lowest BCUT2D eigenvalue weighted by Crippen LogP contribution is -2.51. The van der Waals surface area contributed by atoms with Crippen LogP contribution in [0, 0.1) is 19.7 Å². The molecule has 1 aliphatic heterocycles. The van der Waals surface area contributed by atoms with Crippen molar-refractivity contribution in [2.75, 3.05) is 49.5 Å². The van der Waals surface area contributed by atoms with Crippen LogP contribution in [0.1, 0.15) is 47.3 Å². The molecule has 0 radical (unpaired) electrons. The summed E-state index contributed by atoms with van der Waals surface area (Å²) in [7, 11) is 0. The fraction of sp³-hybridized carbons (Fsp3) is 0.393. The number of likely N-dealkylation sites (N-methyl/N-ethyl adjacent to an activating group) is 1. The maximum Gasteiger partial charge on any atom is 0.261 e. The monoisotopic (exact) mass is 507 g/mol. The number of benzene rings is 2. The molecule has 3 aromatic rings. The second kappa shape index (κ2) is 11.6. The normalized spacial score (nSPS) is 14.9. The van der Waals surface area contributed by atoms with Crippen LogP contribution in [-0.2, 0) is 4.79 Å². The molecule has 2 amide bonds. The number of carbonyl (C=O) groups excluding carboxylic acids is 2. The van der Waals surface area contributed by atoms with Gasteiger partial charge in [-0.05, 0) is 51.5 Å². The number of piperazine rings is 1. The summed E-state index contributed by atoms with van der Waals surface area (Å²) in [5, 5.41) is 6.52. The fourth-order valence-electron chi connectivity index (χ4n) is 4.92. The summed E-state index contributed by atoms with van der Waals surface area (Å²) >= 11 is 0. The summed E-state index contributed by atoms with van der Waals surface area (Å²) in [5.41, 5.74) is 2.64. The van der Waals surface area contributed by atoms with E-state index >= 15 is 4.39 Å². The van der Waals surface area contributed by atoms with Crippen molar-refractivity contribution < 1.29 is 18.5 Å². The Bertz CT molecular complexity index is 1210. The SMILES string of the molecule is CCN(CC)C(=O)C(c1ccccc1)N1CCN(c2ccc(NC(=O)c3c(C)noc3C)cc2F)CC1. The Morgan fingerprint density at radius 3 is 2.30 bits per heavy atom. The predicted molar refractivity (Wildman–Crippen MR) is 141 cm³/mol. The second-order valence-electron chi connectivity index (χ2n) is 9.17. The van der Waals surface area contributed by atoms with Crippen molar-refractivity contribution in [2.45, 2.75) is 33.7 Å². The Kier molecular flexibility index (Phi) is 8.23. The van der Waals surface area contributed by atoms with Gasteiger partial charge in [0, 0.05) is 45.0 Å². The minimum absolute atomic E-state index is 0.0919. The van der Waals surface area contributed by atoms with Crippen LogP contribution in [0.3, 0.4) is 0 Å². The van der Waals surface area contributed by atoms with Crippen molar-refractivity contribution >= 4 is 23.2 Å². The third kappa shape index (κ3) is 5.67. The Morgan fingerprint density at radius 2 is 1.73 bits per heavy atom. The number of hydrogen-bond donors (Lipinski definition) is 1. The molecule has 0 aliphatic carbocycles. The van der Waals surface area contributed by atoms with Gasteiger partial charge in [0.15, 0.2) is 0 Å². The van der Waals surface area contributed by atoms with Gasteiger partial charge in [-0.1, -0.05) is 35.5 Å². The quantitative estimate of drug-likeness (QED) is 0.486. The van der Waals surface area contributed by atoms with E-state index in [9.17, 15) is 9.59 Å². The Hall–Kier alpha value is -3.72. The first-order valence-corrected chi connectivity index (χ1v) is 12.7. The molecule has 8 nitrogen and oxygen atoms in total. The van der Waals surface area contributed by atoms with Crippen LogP contribution >= 0.6 is 0 Å². The minimum atomic E-state index is -0.413. The molecule has 1 aliphatic rings. The van der Waals surface area contributed by atoms with Gasteiger partial charge in [0.05, 0.1) is 11.4 Å². The fourth-order valence-corrected chi connectivity index (χ4v) is 4.92. The van der Waals surface area contributed by atoms with E-state index in [2.05, 4.69) is 15.4 Å². The van der Waals surface area contributed by atoms with E-state index in [1.165, 1.54) is 6.07 Å². The molecule has 2 aromatic carbocycles. The molecule has 0 saturated carbocycles. The van der Waals surface area contributed by atoms with E-state index in [4.69, 9.17) is 4.52 Å². The molecule has 1 N–H and O–H groups in total. The van der Waals surface area contributed by atoms with E-state index < -0.39 is 5.82 Å². The number of halogens is 1. The number of aryl methyl sites for hydroxylation is 2. The molecule has 1 unspecified atom stereocenters. The molecule has 0 spiro atoms. The van der Waals surface area contributed by atoms with E-state index in [-0.39, 0.29) is 17.9 Å². The summed E-state index contributed by atoms with van der Waals surface area (Å²) in [6, 6.07) is 14.2. The van der Waals surface area contributed by atoms with Crippen LogP contribution in [0.15, 0.2) is 53.1 Å². The van der Waals surface area contributed by atoms with Gasteiger partial charge in [-0.15, -0.1) is 0 Å². The van der Waals surface area contributed by atoms with Crippen molar-refractivity contribution in [3.63, 3.8) is 0 Å². The summed E-state index contributed by atoms with van der Waals surface area (Å²) in [6.07, 6.45) is 0. The van der Waals surface area contributed by atoms with Gasteiger partial charge in [0.2, 0.25) is 5.91 Å². The van der Waals surface area contributed by atoms with Crippen LogP contribution in [-0.4, -0.2) is 66.0 Å². The molecule has 9 heteroatoms. The Morgan fingerprint density at radius 1 is 1.05 bits per heavy atom. The average Bonchev–Trinajstić information content (AvgIpc) is 3.24. The number of nitrogens with one attached hydrogen (secondary N) is 1. The van der Waals surface area contributed by atoms with Gasteiger partial charge in [-0.3, -0.25) is 14.5 Å². The molecule has 1 aromatic heterocycles. The van der Waals surface area contributed by atoms with Crippen molar-refractivity contribution in [3.8, 4) is 0 Å². The number of rotatable bonds is 8. The first-order chi connectivity index (χ1) is 17.8. The summed E-state index contributed by atoms with van der Waals surface area (Å²) in [4.78, 5) is 32.1. The van der Waals surface area contributed by atoms with Gasteiger partial charge >= 0.3 is 0 Å². The molecule has 2 heterocycles. The molecule has 1 fully saturated rings. The van der Waals surface area contributed by atoms with Crippen LogP contribution in [0.4, 0.5) is 15.8 Å². The minimum Gasteiger partial charge on any atom is -0.367 e. The standard InChI is InChI=1S/C28H34FN5O3/c1-5-32(6-2)28(36)26(21-10-8-7-9-11-21)34-16-14-33(15-17-34)24-13-12-22(18-23(24)29)30-27(35)25-19(3)31-37-20(25)4/h7-13,18,26H,5-6,14-17H2,1-4H3,(H,30,35). The molecule has 1 atom stereocenters. The average molecular weight is 508 g/mol. The van der Waals surface area contributed by atoms with Crippen LogP contribution in [0.5, 0.6) is 0 Å². The number of carbonyl (C=O) groups is 2. The zero-order chi connectivity index (χ0) is 26.5. The number of aromatic nitrogens is 1. The molecule has 0 bridgehead atoms. The molecule has 4 rings (SSSR count). The van der Waals surface area contributed by atoms with E-state index in [0.717, 1.165) is 5.56 Å². The highest BCUT2D eigenvalue weighted by Crippen LogP contribution is 2.29. The van der Waals surface area contributed by atoms with Gasteiger partial charge in [-0.2, -0.15) is 0 Å². The Balaban J connectivity index is 1.45. The summed E-state index contributed by atoms with van der Waals surface area (Å²) in [6.45, 7) is 11.0. The third-order valence-corrected chi connectivity index (χ3v) is 6.91. The van der Waals surface area contributed by atoms with Gasteiger partial charge in [-0.25, -0.2) is 4.39 Å². The number of anilines is 2. The number of hydrogen-bond acceptors (Lipinski definition) is 6. The van der Waals surface area contributed by atoms with Crippen molar-refractivity contribution in [2.24, 2.45) is 0 Å². The van der Waals surface area contributed by atoms with Crippen LogP contribution < -0.4 is 10.2 Å². The van der Waals surface area contributed by atoms with Gasteiger partial charge in [0.1, 0.15) is 23.2 Å². The Labute approximate surface area is 217 Å². The van der Waals surface area contributed by atoms with Gasteiger partial charge in [0.25, 0.3) is 5.91 Å². The largest absolute Gasteiger partial charge is 0.367 e. The first kappa shape index (κ1) is 26.3. The topological polar surface area (TPSA) is 81.9 Å². The highest BCUT2D eigenvalue weighted by Gasteiger charge is 2.33. The zero-order valence-corrected chi connectivity index (χ0v) is 21.8. The molecular weight excluding hydrogens is 473 g/mol.